The Kier molecular flexibility index (Phi) is 3.00. The van der Waals surface area contributed by atoms with Gasteiger partial charge >= 0.3 is 0 Å². The average molecular weight is 244 g/mol. The van der Waals surface area contributed by atoms with Gasteiger partial charge in [-0.1, -0.05) is 6.92 Å². The Bertz CT molecular complexity index is 559. The quantitative estimate of drug-likeness (QED) is 0.809. The van der Waals surface area contributed by atoms with E-state index in [1.165, 1.54) is 29.6 Å². The number of fused-ring (bicyclic) bond motifs is 3. The van der Waals surface area contributed by atoms with Gasteiger partial charge in [-0.15, -0.1) is 0 Å². The third kappa shape index (κ3) is 1.99. The molecule has 1 aliphatic rings. The Balaban J connectivity index is 2.02. The van der Waals surface area contributed by atoms with E-state index >= 15 is 0 Å². The molecule has 0 aliphatic carbocycles. The summed E-state index contributed by atoms with van der Waals surface area (Å²) in [5.41, 5.74) is 3.89. The maximum Gasteiger partial charge on any atom is 0.117 e. The number of nitrogens with zero attached hydrogens (tertiary/aromatic N) is 1. The molecule has 0 amide bonds. The standard InChI is InChI=1S/C15H20N2O/c1-2-17-8-3-4-14-13(7-9-17)12-6-5-11(18)10-15(12)16-14/h5-6,10,16,18H,2-4,7-9H2,1H3. The van der Waals surface area contributed by atoms with Crippen LogP contribution in [-0.4, -0.2) is 34.6 Å². The number of phenols is 1. The fraction of sp³-hybridized carbons (Fsp3) is 0.467. The molecule has 0 bridgehead atoms. The van der Waals surface area contributed by atoms with Gasteiger partial charge in [0.1, 0.15) is 5.75 Å². The monoisotopic (exact) mass is 244 g/mol. The molecule has 0 unspecified atom stereocenters. The first-order valence-electron chi connectivity index (χ1n) is 6.82. The molecule has 2 heterocycles. The second-order valence-electron chi connectivity index (χ2n) is 5.10. The van der Waals surface area contributed by atoms with Crippen molar-refractivity contribution in [3.63, 3.8) is 0 Å². The predicted octanol–water partition coefficient (Wildman–Crippen LogP) is 2.68. The van der Waals surface area contributed by atoms with E-state index in [1.807, 2.05) is 12.1 Å². The number of hydrogen-bond acceptors (Lipinski definition) is 2. The number of aromatic hydroxyl groups is 1. The number of likely N-dealkylation sites (N-methyl/N-ethyl adjacent to an activating group) is 1. The molecule has 2 aromatic rings. The number of aromatic amines is 1. The largest absolute Gasteiger partial charge is 0.508 e. The van der Waals surface area contributed by atoms with E-state index in [0.717, 1.165) is 31.4 Å². The van der Waals surface area contributed by atoms with Gasteiger partial charge in [-0.25, -0.2) is 0 Å². The van der Waals surface area contributed by atoms with Crippen molar-refractivity contribution in [2.75, 3.05) is 19.6 Å². The molecule has 3 rings (SSSR count). The normalized spacial score (nSPS) is 17.4. The van der Waals surface area contributed by atoms with E-state index in [4.69, 9.17) is 0 Å². The summed E-state index contributed by atoms with van der Waals surface area (Å²) < 4.78 is 0. The Hall–Kier alpha value is -1.48. The van der Waals surface area contributed by atoms with Crippen LogP contribution in [0.25, 0.3) is 10.9 Å². The number of rotatable bonds is 1. The molecule has 0 atom stereocenters. The van der Waals surface area contributed by atoms with Gasteiger partial charge in [0.25, 0.3) is 0 Å². The van der Waals surface area contributed by atoms with E-state index in [1.54, 1.807) is 6.07 Å². The second-order valence-corrected chi connectivity index (χ2v) is 5.10. The molecular formula is C15H20N2O. The summed E-state index contributed by atoms with van der Waals surface area (Å²) in [6, 6.07) is 5.66. The lowest BCUT2D eigenvalue weighted by Crippen LogP contribution is -2.29. The summed E-state index contributed by atoms with van der Waals surface area (Å²) in [7, 11) is 0. The molecule has 3 heteroatoms. The smallest absolute Gasteiger partial charge is 0.117 e. The summed E-state index contributed by atoms with van der Waals surface area (Å²) in [6.07, 6.45) is 3.43. The molecule has 1 aromatic heterocycles. The van der Waals surface area contributed by atoms with E-state index in [-0.39, 0.29) is 0 Å². The van der Waals surface area contributed by atoms with Crippen molar-refractivity contribution in [3.8, 4) is 5.75 Å². The van der Waals surface area contributed by atoms with Crippen LogP contribution < -0.4 is 0 Å². The maximum atomic E-state index is 9.55. The van der Waals surface area contributed by atoms with Crippen LogP contribution in [0.3, 0.4) is 0 Å². The van der Waals surface area contributed by atoms with E-state index in [9.17, 15) is 5.11 Å². The van der Waals surface area contributed by atoms with Gasteiger partial charge in [0.05, 0.1) is 0 Å². The summed E-state index contributed by atoms with van der Waals surface area (Å²) >= 11 is 0. The highest BCUT2D eigenvalue weighted by Gasteiger charge is 2.15. The Morgan fingerprint density at radius 2 is 2.17 bits per heavy atom. The zero-order chi connectivity index (χ0) is 12.5. The van der Waals surface area contributed by atoms with Crippen LogP contribution in [0.15, 0.2) is 18.2 Å². The van der Waals surface area contributed by atoms with Crippen molar-refractivity contribution in [1.82, 2.24) is 9.88 Å². The molecule has 18 heavy (non-hydrogen) atoms. The Morgan fingerprint density at radius 3 is 3.00 bits per heavy atom. The number of benzene rings is 1. The van der Waals surface area contributed by atoms with Crippen molar-refractivity contribution in [3.05, 3.63) is 29.5 Å². The molecular weight excluding hydrogens is 224 g/mol. The van der Waals surface area contributed by atoms with Crippen molar-refractivity contribution in [2.24, 2.45) is 0 Å². The Labute approximate surface area is 107 Å². The van der Waals surface area contributed by atoms with Crippen LogP contribution in [-0.2, 0) is 12.8 Å². The highest BCUT2D eigenvalue weighted by atomic mass is 16.3. The minimum atomic E-state index is 0.340. The van der Waals surface area contributed by atoms with E-state index < -0.39 is 0 Å². The minimum Gasteiger partial charge on any atom is -0.508 e. The molecule has 0 saturated heterocycles. The number of nitrogens with one attached hydrogen (secondary N) is 1. The van der Waals surface area contributed by atoms with Crippen LogP contribution in [0.4, 0.5) is 0 Å². The summed E-state index contributed by atoms with van der Waals surface area (Å²) in [6.45, 7) is 5.70. The maximum absolute atomic E-state index is 9.55. The summed E-state index contributed by atoms with van der Waals surface area (Å²) in [4.78, 5) is 6.00. The highest BCUT2D eigenvalue weighted by Crippen LogP contribution is 2.28. The number of aryl methyl sites for hydroxylation is 1. The van der Waals surface area contributed by atoms with Crippen LogP contribution in [0.1, 0.15) is 24.6 Å². The van der Waals surface area contributed by atoms with Crippen LogP contribution in [0, 0.1) is 0 Å². The predicted molar refractivity (Wildman–Crippen MR) is 74.1 cm³/mol. The van der Waals surface area contributed by atoms with E-state index in [0.29, 0.717) is 5.75 Å². The van der Waals surface area contributed by atoms with Crippen LogP contribution in [0.5, 0.6) is 5.75 Å². The Morgan fingerprint density at radius 1 is 1.28 bits per heavy atom. The first-order chi connectivity index (χ1) is 8.78. The number of phenolic OH excluding ortho intramolecular Hbond substituents is 1. The van der Waals surface area contributed by atoms with Gasteiger partial charge in [0.15, 0.2) is 0 Å². The number of hydrogen-bond donors (Lipinski definition) is 2. The lowest BCUT2D eigenvalue weighted by molar-refractivity contribution is 0.283. The van der Waals surface area contributed by atoms with Crippen molar-refractivity contribution in [1.29, 1.82) is 0 Å². The van der Waals surface area contributed by atoms with Crippen molar-refractivity contribution < 1.29 is 5.11 Å². The van der Waals surface area contributed by atoms with Gasteiger partial charge in [-0.3, -0.25) is 0 Å². The van der Waals surface area contributed by atoms with Gasteiger partial charge in [-0.05, 0) is 50.0 Å². The van der Waals surface area contributed by atoms with Gasteiger partial charge in [-0.2, -0.15) is 0 Å². The minimum absolute atomic E-state index is 0.340. The van der Waals surface area contributed by atoms with Gasteiger partial charge in [0.2, 0.25) is 0 Å². The average Bonchev–Trinajstić information content (AvgIpc) is 2.66. The lowest BCUT2D eigenvalue weighted by atomic mass is 10.0. The van der Waals surface area contributed by atoms with Gasteiger partial charge in [0, 0.05) is 29.2 Å². The highest BCUT2D eigenvalue weighted by molar-refractivity contribution is 5.86. The molecule has 1 aromatic carbocycles. The number of H-pyrrole nitrogens is 1. The molecule has 1 aliphatic heterocycles. The van der Waals surface area contributed by atoms with E-state index in [2.05, 4.69) is 16.8 Å². The molecule has 3 nitrogen and oxygen atoms in total. The molecule has 0 spiro atoms. The third-order valence-corrected chi connectivity index (χ3v) is 4.00. The second kappa shape index (κ2) is 4.65. The molecule has 0 radical (unpaired) electrons. The van der Waals surface area contributed by atoms with Gasteiger partial charge < -0.3 is 15.0 Å². The van der Waals surface area contributed by atoms with Crippen LogP contribution in [0.2, 0.25) is 0 Å². The fourth-order valence-electron chi connectivity index (χ4n) is 2.98. The lowest BCUT2D eigenvalue weighted by Gasteiger charge is -2.22. The SMILES string of the molecule is CCN1CCCc2[nH]c3cc(O)ccc3c2CC1. The summed E-state index contributed by atoms with van der Waals surface area (Å²) in [5.74, 6) is 0.340. The van der Waals surface area contributed by atoms with Crippen LogP contribution >= 0.6 is 0 Å². The zero-order valence-corrected chi connectivity index (χ0v) is 10.9. The van der Waals surface area contributed by atoms with Crippen molar-refractivity contribution >= 4 is 10.9 Å². The number of aromatic nitrogens is 1. The molecule has 0 saturated carbocycles. The molecule has 2 N–H and O–H groups in total. The molecule has 96 valence electrons. The summed E-state index contributed by atoms with van der Waals surface area (Å²) in [5, 5.41) is 10.8. The topological polar surface area (TPSA) is 39.3 Å². The first-order valence-corrected chi connectivity index (χ1v) is 6.82. The zero-order valence-electron chi connectivity index (χ0n) is 10.9. The first kappa shape index (κ1) is 11.6. The molecule has 0 fully saturated rings. The fourth-order valence-corrected chi connectivity index (χ4v) is 2.98. The van der Waals surface area contributed by atoms with Crippen molar-refractivity contribution in [2.45, 2.75) is 26.2 Å². The third-order valence-electron chi connectivity index (χ3n) is 4.00.